The molecule has 0 aliphatic carbocycles. The third kappa shape index (κ3) is 8.69. The van der Waals surface area contributed by atoms with Gasteiger partial charge in [-0.3, -0.25) is 4.99 Å². The summed E-state index contributed by atoms with van der Waals surface area (Å²) in [5.41, 5.74) is 1.27. The molecular weight excluding hydrogens is 469 g/mol. The number of aryl methyl sites for hydroxylation is 1. The molecule has 0 aromatic heterocycles. The molecule has 0 bridgehead atoms. The number of benzene rings is 2. The lowest BCUT2D eigenvalue weighted by atomic mass is 10.1. The van der Waals surface area contributed by atoms with Crippen LogP contribution in [0.15, 0.2) is 53.5 Å². The van der Waals surface area contributed by atoms with E-state index in [1.165, 1.54) is 5.56 Å². The Hall–Kier alpha value is -2.16. The van der Waals surface area contributed by atoms with Crippen LogP contribution in [0.1, 0.15) is 12.0 Å². The van der Waals surface area contributed by atoms with E-state index in [9.17, 15) is 0 Å². The molecule has 28 heavy (non-hydrogen) atoms. The van der Waals surface area contributed by atoms with Crippen molar-refractivity contribution in [1.82, 2.24) is 10.6 Å². The van der Waals surface area contributed by atoms with Gasteiger partial charge in [-0.25, -0.2) is 0 Å². The van der Waals surface area contributed by atoms with Crippen molar-refractivity contribution in [3.63, 3.8) is 0 Å². The Kier molecular flexibility index (Phi) is 11.9. The summed E-state index contributed by atoms with van der Waals surface area (Å²) >= 11 is 0. The van der Waals surface area contributed by atoms with Crippen molar-refractivity contribution in [3.8, 4) is 17.2 Å². The number of halogens is 1. The molecule has 0 fully saturated rings. The van der Waals surface area contributed by atoms with Gasteiger partial charge in [-0.15, -0.1) is 24.0 Å². The van der Waals surface area contributed by atoms with E-state index in [-0.39, 0.29) is 24.0 Å². The molecule has 0 unspecified atom stereocenters. The Morgan fingerprint density at radius 2 is 1.57 bits per heavy atom. The first kappa shape index (κ1) is 23.9. The number of rotatable bonds is 10. The highest BCUT2D eigenvalue weighted by Gasteiger charge is 2.00. The summed E-state index contributed by atoms with van der Waals surface area (Å²) in [6.45, 7) is 2.06. The zero-order valence-electron chi connectivity index (χ0n) is 16.7. The van der Waals surface area contributed by atoms with Crippen LogP contribution in [0.2, 0.25) is 0 Å². The second kappa shape index (κ2) is 13.9. The van der Waals surface area contributed by atoms with Crippen molar-refractivity contribution in [2.45, 2.75) is 12.8 Å². The van der Waals surface area contributed by atoms with Crippen LogP contribution in [0.25, 0.3) is 0 Å². The molecule has 2 rings (SSSR count). The van der Waals surface area contributed by atoms with E-state index in [0.29, 0.717) is 13.2 Å². The van der Waals surface area contributed by atoms with Gasteiger partial charge in [-0.1, -0.05) is 12.1 Å². The topological polar surface area (TPSA) is 64.1 Å². The fourth-order valence-corrected chi connectivity index (χ4v) is 2.56. The fourth-order valence-electron chi connectivity index (χ4n) is 2.56. The largest absolute Gasteiger partial charge is 0.497 e. The predicted molar refractivity (Wildman–Crippen MR) is 125 cm³/mol. The Morgan fingerprint density at radius 3 is 2.25 bits per heavy atom. The molecule has 0 radical (unpaired) electrons. The van der Waals surface area contributed by atoms with Crippen LogP contribution in [0.3, 0.4) is 0 Å². The standard InChI is InChI=1S/C21H29N3O3.HI/c1-22-21(23-13-5-7-17-6-4-8-20(16-17)26-3)24-14-15-27-19-11-9-18(25-2)10-12-19;/h4,6,8-12,16H,5,7,13-15H2,1-3H3,(H2,22,23,24);1H. The monoisotopic (exact) mass is 499 g/mol. The maximum atomic E-state index is 5.69. The molecule has 6 nitrogen and oxygen atoms in total. The van der Waals surface area contributed by atoms with Crippen molar-refractivity contribution in [2.24, 2.45) is 4.99 Å². The maximum absolute atomic E-state index is 5.69. The van der Waals surface area contributed by atoms with Crippen molar-refractivity contribution in [1.29, 1.82) is 0 Å². The van der Waals surface area contributed by atoms with Crippen molar-refractivity contribution >= 4 is 29.9 Å². The van der Waals surface area contributed by atoms with Crippen molar-refractivity contribution < 1.29 is 14.2 Å². The van der Waals surface area contributed by atoms with Crippen LogP contribution in [0.5, 0.6) is 17.2 Å². The molecule has 2 aromatic carbocycles. The van der Waals surface area contributed by atoms with Gasteiger partial charge in [0.05, 0.1) is 20.8 Å². The number of guanidine groups is 1. The summed E-state index contributed by atoms with van der Waals surface area (Å²) in [6.07, 6.45) is 2.00. The van der Waals surface area contributed by atoms with Gasteiger partial charge in [0.15, 0.2) is 5.96 Å². The van der Waals surface area contributed by atoms with E-state index in [1.54, 1.807) is 21.3 Å². The SMILES string of the molecule is CN=C(NCCCc1cccc(OC)c1)NCCOc1ccc(OC)cc1.I. The van der Waals surface area contributed by atoms with Gasteiger partial charge in [0.25, 0.3) is 0 Å². The molecular formula is C21H30IN3O3. The van der Waals surface area contributed by atoms with E-state index >= 15 is 0 Å². The third-order valence-corrected chi connectivity index (χ3v) is 4.02. The first-order chi connectivity index (χ1) is 13.2. The highest BCUT2D eigenvalue weighted by atomic mass is 127. The minimum atomic E-state index is 0. The number of nitrogens with one attached hydrogen (secondary N) is 2. The number of aliphatic imine (C=N–C) groups is 1. The zero-order chi connectivity index (χ0) is 19.3. The Bertz CT molecular complexity index is 708. The first-order valence-electron chi connectivity index (χ1n) is 9.09. The van der Waals surface area contributed by atoms with Crippen LogP contribution in [0.4, 0.5) is 0 Å². The predicted octanol–water partition coefficient (Wildman–Crippen LogP) is 3.50. The summed E-state index contributed by atoms with van der Waals surface area (Å²) in [7, 11) is 5.10. The van der Waals surface area contributed by atoms with Gasteiger partial charge in [-0.05, 0) is 54.8 Å². The minimum absolute atomic E-state index is 0. The second-order valence-electron chi connectivity index (χ2n) is 5.90. The van der Waals surface area contributed by atoms with E-state index < -0.39 is 0 Å². The molecule has 154 valence electrons. The lowest BCUT2D eigenvalue weighted by Gasteiger charge is -2.13. The summed E-state index contributed by atoms with van der Waals surface area (Å²) in [4.78, 5) is 4.23. The van der Waals surface area contributed by atoms with Crippen LogP contribution in [-0.2, 0) is 6.42 Å². The van der Waals surface area contributed by atoms with Gasteiger partial charge in [0.2, 0.25) is 0 Å². The number of hydrogen-bond acceptors (Lipinski definition) is 4. The molecule has 0 spiro atoms. The van der Waals surface area contributed by atoms with Crippen LogP contribution < -0.4 is 24.8 Å². The van der Waals surface area contributed by atoms with Crippen molar-refractivity contribution in [2.75, 3.05) is 41.0 Å². The molecule has 0 amide bonds. The van der Waals surface area contributed by atoms with Crippen LogP contribution in [-0.4, -0.2) is 46.9 Å². The Labute approximate surface area is 184 Å². The van der Waals surface area contributed by atoms with Gasteiger partial charge in [0, 0.05) is 13.6 Å². The molecule has 0 atom stereocenters. The van der Waals surface area contributed by atoms with Crippen LogP contribution in [0, 0.1) is 0 Å². The van der Waals surface area contributed by atoms with Gasteiger partial charge in [0.1, 0.15) is 23.9 Å². The second-order valence-corrected chi connectivity index (χ2v) is 5.90. The number of nitrogens with zero attached hydrogens (tertiary/aromatic N) is 1. The molecule has 7 heteroatoms. The smallest absolute Gasteiger partial charge is 0.191 e. The molecule has 0 aliphatic heterocycles. The van der Waals surface area contributed by atoms with Crippen molar-refractivity contribution in [3.05, 3.63) is 54.1 Å². The molecule has 0 saturated heterocycles. The van der Waals surface area contributed by atoms with Gasteiger partial charge >= 0.3 is 0 Å². The third-order valence-electron chi connectivity index (χ3n) is 4.02. The highest BCUT2D eigenvalue weighted by molar-refractivity contribution is 14.0. The Balaban J connectivity index is 0.00000392. The summed E-state index contributed by atoms with van der Waals surface area (Å²) < 4.78 is 16.1. The number of hydrogen-bond donors (Lipinski definition) is 2. The van der Waals surface area contributed by atoms with Gasteiger partial charge < -0.3 is 24.8 Å². The number of ether oxygens (including phenoxy) is 3. The summed E-state index contributed by atoms with van der Waals surface area (Å²) in [6, 6.07) is 15.7. The summed E-state index contributed by atoms with van der Waals surface area (Å²) in [5, 5.41) is 6.57. The quantitative estimate of drug-likeness (QED) is 0.227. The van der Waals surface area contributed by atoms with E-state index in [1.807, 2.05) is 36.4 Å². The Morgan fingerprint density at radius 1 is 0.893 bits per heavy atom. The maximum Gasteiger partial charge on any atom is 0.191 e. The van der Waals surface area contributed by atoms with Crippen LogP contribution >= 0.6 is 24.0 Å². The van der Waals surface area contributed by atoms with Gasteiger partial charge in [-0.2, -0.15) is 0 Å². The first-order valence-corrected chi connectivity index (χ1v) is 9.09. The summed E-state index contributed by atoms with van der Waals surface area (Å²) in [5.74, 6) is 3.31. The molecule has 0 saturated carbocycles. The molecule has 2 N–H and O–H groups in total. The van der Waals surface area contributed by atoms with E-state index in [0.717, 1.165) is 42.6 Å². The lowest BCUT2D eigenvalue weighted by molar-refractivity contribution is 0.321. The zero-order valence-corrected chi connectivity index (χ0v) is 19.1. The van der Waals surface area contributed by atoms with E-state index in [4.69, 9.17) is 14.2 Å². The van der Waals surface area contributed by atoms with E-state index in [2.05, 4.69) is 27.8 Å². The average molecular weight is 499 g/mol. The molecule has 0 heterocycles. The fraction of sp³-hybridized carbons (Fsp3) is 0.381. The highest BCUT2D eigenvalue weighted by Crippen LogP contribution is 2.16. The number of methoxy groups -OCH3 is 2. The lowest BCUT2D eigenvalue weighted by Crippen LogP contribution is -2.39. The molecule has 0 aliphatic rings. The molecule has 2 aromatic rings. The average Bonchev–Trinajstić information content (AvgIpc) is 2.73. The minimum Gasteiger partial charge on any atom is -0.497 e. The normalized spacial score (nSPS) is 10.6.